The van der Waals surface area contributed by atoms with E-state index in [1.807, 2.05) is 6.07 Å². The molecule has 0 spiro atoms. The smallest absolute Gasteiger partial charge is 0.354 e. The van der Waals surface area contributed by atoms with E-state index in [1.54, 1.807) is 11.3 Å². The van der Waals surface area contributed by atoms with Crippen molar-refractivity contribution in [3.63, 3.8) is 0 Å². The lowest BCUT2D eigenvalue weighted by atomic mass is 10.2. The average molecular weight is 221 g/mol. The van der Waals surface area contributed by atoms with Crippen molar-refractivity contribution < 1.29 is 9.53 Å². The molecule has 2 heterocycles. The Morgan fingerprint density at radius 2 is 2.40 bits per heavy atom. The normalized spacial score (nSPS) is 14.5. The van der Waals surface area contributed by atoms with Crippen LogP contribution < -0.4 is 0 Å². The number of aryl methyl sites for hydroxylation is 2. The largest absolute Gasteiger partial charge is 0.464 e. The van der Waals surface area contributed by atoms with Gasteiger partial charge in [-0.2, -0.15) is 0 Å². The van der Waals surface area contributed by atoms with Gasteiger partial charge in [0.05, 0.1) is 17.3 Å². The van der Waals surface area contributed by atoms with E-state index in [4.69, 9.17) is 0 Å². The third-order valence-electron chi connectivity index (χ3n) is 2.89. The van der Waals surface area contributed by atoms with Crippen molar-refractivity contribution in [2.75, 3.05) is 7.11 Å². The molecule has 0 amide bonds. The third-order valence-corrected chi connectivity index (χ3v) is 4.13. The highest BCUT2D eigenvalue weighted by Gasteiger charge is 2.20. The number of thiophene rings is 1. The second-order valence-electron chi connectivity index (χ2n) is 3.77. The number of esters is 1. The third kappa shape index (κ3) is 1.21. The summed E-state index contributed by atoms with van der Waals surface area (Å²) >= 11 is 1.80. The minimum atomic E-state index is -0.287. The van der Waals surface area contributed by atoms with Gasteiger partial charge < -0.3 is 9.72 Å². The first-order chi connectivity index (χ1) is 7.29. The van der Waals surface area contributed by atoms with Crippen LogP contribution in [0.1, 0.15) is 27.3 Å². The second-order valence-corrected chi connectivity index (χ2v) is 4.91. The van der Waals surface area contributed by atoms with Gasteiger partial charge in [-0.1, -0.05) is 0 Å². The fraction of sp³-hybridized carbons (Fsp3) is 0.364. The molecule has 1 aliphatic carbocycles. The van der Waals surface area contributed by atoms with E-state index in [9.17, 15) is 4.79 Å². The zero-order valence-corrected chi connectivity index (χ0v) is 9.24. The number of aromatic amines is 1. The first kappa shape index (κ1) is 8.97. The number of nitrogens with one attached hydrogen (secondary N) is 1. The van der Waals surface area contributed by atoms with E-state index < -0.39 is 0 Å². The Morgan fingerprint density at radius 1 is 1.53 bits per heavy atom. The Labute approximate surface area is 91.1 Å². The van der Waals surface area contributed by atoms with Crippen molar-refractivity contribution in [1.29, 1.82) is 0 Å². The summed E-state index contributed by atoms with van der Waals surface area (Å²) in [6, 6.07) is 1.89. The lowest BCUT2D eigenvalue weighted by Crippen LogP contribution is -2.00. The van der Waals surface area contributed by atoms with Crippen molar-refractivity contribution in [2.45, 2.75) is 19.3 Å². The first-order valence-electron chi connectivity index (χ1n) is 5.01. The Balaban J connectivity index is 2.16. The van der Waals surface area contributed by atoms with Gasteiger partial charge in [-0.05, 0) is 30.9 Å². The summed E-state index contributed by atoms with van der Waals surface area (Å²) in [4.78, 5) is 16.0. The summed E-state index contributed by atoms with van der Waals surface area (Å²) < 4.78 is 5.87. The van der Waals surface area contributed by atoms with Gasteiger partial charge in [-0.25, -0.2) is 4.79 Å². The molecule has 0 atom stereocenters. The number of rotatable bonds is 1. The molecule has 2 aromatic rings. The Kier molecular flexibility index (Phi) is 1.85. The van der Waals surface area contributed by atoms with Gasteiger partial charge in [0.2, 0.25) is 0 Å². The number of carbonyl (C=O) groups is 1. The van der Waals surface area contributed by atoms with Gasteiger partial charge in [-0.15, -0.1) is 11.3 Å². The number of hydrogen-bond acceptors (Lipinski definition) is 3. The maximum absolute atomic E-state index is 11.3. The molecule has 2 aromatic heterocycles. The SMILES string of the molecule is COC(=O)c1cc2sc3c(c2[nH]1)CCC3. The van der Waals surface area contributed by atoms with Gasteiger partial charge >= 0.3 is 5.97 Å². The van der Waals surface area contributed by atoms with Crippen molar-refractivity contribution in [3.05, 3.63) is 22.2 Å². The highest BCUT2D eigenvalue weighted by molar-refractivity contribution is 7.19. The van der Waals surface area contributed by atoms with Crippen molar-refractivity contribution >= 4 is 27.5 Å². The molecule has 0 radical (unpaired) electrons. The number of hydrogen-bond donors (Lipinski definition) is 1. The molecule has 0 aliphatic heterocycles. The van der Waals surface area contributed by atoms with Gasteiger partial charge in [0.1, 0.15) is 5.69 Å². The summed E-state index contributed by atoms with van der Waals surface area (Å²) in [5.74, 6) is -0.287. The molecule has 3 rings (SSSR count). The topological polar surface area (TPSA) is 42.1 Å². The van der Waals surface area contributed by atoms with Crippen LogP contribution in [0.4, 0.5) is 0 Å². The fourth-order valence-corrected chi connectivity index (χ4v) is 3.48. The van der Waals surface area contributed by atoms with Crippen LogP contribution >= 0.6 is 11.3 Å². The van der Waals surface area contributed by atoms with Crippen molar-refractivity contribution in [1.82, 2.24) is 4.98 Å². The van der Waals surface area contributed by atoms with Gasteiger partial charge in [0.15, 0.2) is 0 Å². The number of H-pyrrole nitrogens is 1. The van der Waals surface area contributed by atoms with Crippen LogP contribution in [0.15, 0.2) is 6.07 Å². The zero-order valence-electron chi connectivity index (χ0n) is 8.42. The van der Waals surface area contributed by atoms with Crippen LogP contribution in [0, 0.1) is 0 Å². The number of aromatic nitrogens is 1. The molecule has 1 aliphatic rings. The lowest BCUT2D eigenvalue weighted by molar-refractivity contribution is 0.0595. The standard InChI is InChI=1S/C11H11NO2S/c1-14-11(13)7-5-9-10(12-7)6-3-2-4-8(6)15-9/h5,12H,2-4H2,1H3. The Bertz CT molecular complexity index is 538. The molecule has 4 heteroatoms. The van der Waals surface area contributed by atoms with Crippen LogP contribution in [-0.4, -0.2) is 18.1 Å². The molecule has 1 N–H and O–H groups in total. The molecule has 0 saturated heterocycles. The monoisotopic (exact) mass is 221 g/mol. The highest BCUT2D eigenvalue weighted by atomic mass is 32.1. The quantitative estimate of drug-likeness (QED) is 0.752. The Hall–Kier alpha value is -1.29. The first-order valence-corrected chi connectivity index (χ1v) is 5.83. The van der Waals surface area contributed by atoms with E-state index in [-0.39, 0.29) is 5.97 Å². The van der Waals surface area contributed by atoms with Crippen LogP contribution in [-0.2, 0) is 17.6 Å². The molecular formula is C11H11NO2S. The zero-order chi connectivity index (χ0) is 10.4. The highest BCUT2D eigenvalue weighted by Crippen LogP contribution is 2.37. The van der Waals surface area contributed by atoms with E-state index in [1.165, 1.54) is 35.1 Å². The molecular weight excluding hydrogens is 210 g/mol. The lowest BCUT2D eigenvalue weighted by Gasteiger charge is -1.93. The van der Waals surface area contributed by atoms with Crippen molar-refractivity contribution in [2.24, 2.45) is 0 Å². The molecule has 0 aromatic carbocycles. The minimum absolute atomic E-state index is 0.287. The predicted molar refractivity (Wildman–Crippen MR) is 59.5 cm³/mol. The predicted octanol–water partition coefficient (Wildman–Crippen LogP) is 2.50. The molecule has 0 unspecified atom stereocenters. The molecule has 15 heavy (non-hydrogen) atoms. The Morgan fingerprint density at radius 3 is 3.20 bits per heavy atom. The van der Waals surface area contributed by atoms with Crippen LogP contribution in [0.25, 0.3) is 10.2 Å². The summed E-state index contributed by atoms with van der Waals surface area (Å²) in [5, 5.41) is 0. The maximum atomic E-state index is 11.3. The van der Waals surface area contributed by atoms with E-state index in [0.29, 0.717) is 5.69 Å². The average Bonchev–Trinajstić information content (AvgIpc) is 2.85. The van der Waals surface area contributed by atoms with E-state index >= 15 is 0 Å². The van der Waals surface area contributed by atoms with Gasteiger partial charge in [0.25, 0.3) is 0 Å². The summed E-state index contributed by atoms with van der Waals surface area (Å²) in [7, 11) is 1.40. The number of methoxy groups -OCH3 is 1. The minimum Gasteiger partial charge on any atom is -0.464 e. The van der Waals surface area contributed by atoms with E-state index in [2.05, 4.69) is 9.72 Å². The number of ether oxygens (including phenoxy) is 1. The summed E-state index contributed by atoms with van der Waals surface area (Å²) in [5.41, 5.74) is 3.12. The van der Waals surface area contributed by atoms with Gasteiger partial charge in [-0.3, -0.25) is 0 Å². The molecule has 78 valence electrons. The number of fused-ring (bicyclic) bond motifs is 3. The van der Waals surface area contributed by atoms with Crippen LogP contribution in [0.3, 0.4) is 0 Å². The molecule has 0 bridgehead atoms. The molecule has 3 nitrogen and oxygen atoms in total. The summed E-state index contributed by atoms with van der Waals surface area (Å²) in [6.07, 6.45) is 3.57. The maximum Gasteiger partial charge on any atom is 0.354 e. The number of carbonyl (C=O) groups excluding carboxylic acids is 1. The molecule has 0 saturated carbocycles. The van der Waals surface area contributed by atoms with Crippen LogP contribution in [0.2, 0.25) is 0 Å². The summed E-state index contributed by atoms with van der Waals surface area (Å²) in [6.45, 7) is 0. The second kappa shape index (κ2) is 3.10. The van der Waals surface area contributed by atoms with Gasteiger partial charge in [0, 0.05) is 4.88 Å². The fourth-order valence-electron chi connectivity index (χ4n) is 2.19. The molecule has 0 fully saturated rings. The van der Waals surface area contributed by atoms with Crippen molar-refractivity contribution in [3.8, 4) is 0 Å². The van der Waals surface area contributed by atoms with E-state index in [0.717, 1.165) is 11.9 Å². The van der Waals surface area contributed by atoms with Crippen LogP contribution in [0.5, 0.6) is 0 Å².